The van der Waals surface area contributed by atoms with Crippen LogP contribution >= 0.6 is 0 Å². The van der Waals surface area contributed by atoms with Crippen LogP contribution in [0.3, 0.4) is 0 Å². The number of hydrogen-bond acceptors (Lipinski definition) is 3. The van der Waals surface area contributed by atoms with Crippen molar-refractivity contribution in [1.82, 2.24) is 5.32 Å². The van der Waals surface area contributed by atoms with Gasteiger partial charge in [-0.05, 0) is 13.3 Å². The van der Waals surface area contributed by atoms with Crippen molar-refractivity contribution in [2.24, 2.45) is 0 Å². The van der Waals surface area contributed by atoms with E-state index >= 15 is 0 Å². The van der Waals surface area contributed by atoms with Gasteiger partial charge in [0.25, 0.3) is 0 Å². The summed E-state index contributed by atoms with van der Waals surface area (Å²) in [6.07, 6.45) is 1.06. The van der Waals surface area contributed by atoms with Crippen molar-refractivity contribution in [3.05, 3.63) is 0 Å². The lowest BCUT2D eigenvalue weighted by atomic mass is 10.1. The van der Waals surface area contributed by atoms with Crippen molar-refractivity contribution in [2.75, 3.05) is 13.7 Å². The largest absolute Gasteiger partial charge is 0.380 e. The molecule has 3 heteroatoms. The minimum Gasteiger partial charge on any atom is -0.380 e. The second-order valence-electron chi connectivity index (χ2n) is 2.66. The average Bonchev–Trinajstić information content (AvgIpc) is 2.34. The summed E-state index contributed by atoms with van der Waals surface area (Å²) >= 11 is 0. The highest BCUT2D eigenvalue weighted by atomic mass is 16.5. The Balaban J connectivity index is 2.35. The Labute approximate surface area is 60.7 Å². The summed E-state index contributed by atoms with van der Waals surface area (Å²) < 4.78 is 5.08. The van der Waals surface area contributed by atoms with Crippen LogP contribution in [0.4, 0.5) is 0 Å². The van der Waals surface area contributed by atoms with E-state index in [-0.39, 0.29) is 17.9 Å². The van der Waals surface area contributed by atoms with Crippen LogP contribution in [0.25, 0.3) is 0 Å². The van der Waals surface area contributed by atoms with Gasteiger partial charge in [-0.1, -0.05) is 0 Å². The molecular weight excluding hydrogens is 130 g/mol. The van der Waals surface area contributed by atoms with E-state index in [1.807, 2.05) is 0 Å². The molecule has 1 unspecified atom stereocenters. The normalized spacial score (nSPS) is 32.6. The van der Waals surface area contributed by atoms with Crippen LogP contribution in [0.1, 0.15) is 13.3 Å². The minimum atomic E-state index is 0.0324. The average molecular weight is 143 g/mol. The van der Waals surface area contributed by atoms with Crippen LogP contribution in [-0.4, -0.2) is 31.6 Å². The molecule has 1 N–H and O–H groups in total. The Kier molecular flexibility index (Phi) is 2.40. The standard InChI is InChI=1S/C7H13NO2/c1-5(9)7-3-6(10-2)4-8-7/h6-8H,3-4H2,1-2H3/t6-,7?/m0/s1. The molecule has 1 fully saturated rings. The lowest BCUT2D eigenvalue weighted by Crippen LogP contribution is -2.28. The maximum atomic E-state index is 10.8. The van der Waals surface area contributed by atoms with E-state index in [2.05, 4.69) is 5.32 Å². The molecule has 1 aliphatic heterocycles. The fourth-order valence-corrected chi connectivity index (χ4v) is 1.19. The van der Waals surface area contributed by atoms with Gasteiger partial charge in [-0.15, -0.1) is 0 Å². The first kappa shape index (κ1) is 7.69. The highest BCUT2D eigenvalue weighted by molar-refractivity contribution is 5.81. The van der Waals surface area contributed by atoms with Crippen LogP contribution in [0.5, 0.6) is 0 Å². The molecule has 0 spiro atoms. The van der Waals surface area contributed by atoms with Crippen molar-refractivity contribution >= 4 is 5.78 Å². The summed E-state index contributed by atoms with van der Waals surface area (Å²) in [5, 5.41) is 3.08. The number of carbonyl (C=O) groups excluding carboxylic acids is 1. The van der Waals surface area contributed by atoms with Crippen molar-refractivity contribution in [3.63, 3.8) is 0 Å². The van der Waals surface area contributed by atoms with Gasteiger partial charge in [0, 0.05) is 13.7 Å². The highest BCUT2D eigenvalue weighted by Crippen LogP contribution is 2.09. The third-order valence-electron chi connectivity index (χ3n) is 1.91. The fourth-order valence-electron chi connectivity index (χ4n) is 1.19. The molecule has 3 nitrogen and oxygen atoms in total. The Bertz CT molecular complexity index is 136. The predicted octanol–water partition coefficient (Wildman–Crippen LogP) is -0.0477. The van der Waals surface area contributed by atoms with Crippen molar-refractivity contribution < 1.29 is 9.53 Å². The molecule has 10 heavy (non-hydrogen) atoms. The SMILES string of the molecule is CO[C@@H]1CNC(C(C)=O)C1. The van der Waals surface area contributed by atoms with E-state index in [1.54, 1.807) is 14.0 Å². The topological polar surface area (TPSA) is 38.3 Å². The number of ether oxygens (including phenoxy) is 1. The second kappa shape index (κ2) is 3.12. The van der Waals surface area contributed by atoms with Crippen LogP contribution in [0.15, 0.2) is 0 Å². The molecule has 0 aromatic rings. The summed E-state index contributed by atoms with van der Waals surface area (Å²) in [5.74, 6) is 0.208. The van der Waals surface area contributed by atoms with Gasteiger partial charge >= 0.3 is 0 Å². The first-order chi connectivity index (χ1) is 4.74. The quantitative estimate of drug-likeness (QED) is 0.589. The van der Waals surface area contributed by atoms with E-state index in [9.17, 15) is 4.79 Å². The maximum Gasteiger partial charge on any atom is 0.146 e. The number of ketones is 1. The lowest BCUT2D eigenvalue weighted by Gasteiger charge is -2.04. The molecular formula is C7H13NO2. The minimum absolute atomic E-state index is 0.0324. The van der Waals surface area contributed by atoms with Gasteiger partial charge in [0.1, 0.15) is 5.78 Å². The molecule has 0 aromatic heterocycles. The molecule has 1 heterocycles. The number of hydrogen-bond donors (Lipinski definition) is 1. The van der Waals surface area contributed by atoms with Gasteiger partial charge in [-0.25, -0.2) is 0 Å². The fraction of sp³-hybridized carbons (Fsp3) is 0.857. The van der Waals surface area contributed by atoms with Gasteiger partial charge in [0.05, 0.1) is 12.1 Å². The molecule has 2 atom stereocenters. The van der Waals surface area contributed by atoms with Crippen LogP contribution < -0.4 is 5.32 Å². The van der Waals surface area contributed by atoms with Crippen molar-refractivity contribution in [3.8, 4) is 0 Å². The first-order valence-electron chi connectivity index (χ1n) is 3.50. The number of methoxy groups -OCH3 is 1. The zero-order valence-electron chi connectivity index (χ0n) is 6.39. The highest BCUT2D eigenvalue weighted by Gasteiger charge is 2.26. The van der Waals surface area contributed by atoms with Crippen molar-refractivity contribution in [2.45, 2.75) is 25.5 Å². The number of rotatable bonds is 2. The molecule has 0 radical (unpaired) electrons. The number of carbonyl (C=O) groups is 1. The van der Waals surface area contributed by atoms with Crippen LogP contribution in [-0.2, 0) is 9.53 Å². The summed E-state index contributed by atoms with van der Waals surface area (Å²) in [6.45, 7) is 2.41. The smallest absolute Gasteiger partial charge is 0.146 e. The van der Waals surface area contributed by atoms with Crippen LogP contribution in [0, 0.1) is 0 Å². The Hall–Kier alpha value is -0.410. The molecule has 0 aromatic carbocycles. The molecule has 0 bridgehead atoms. The molecule has 58 valence electrons. The van der Waals surface area contributed by atoms with E-state index in [0.717, 1.165) is 13.0 Å². The van der Waals surface area contributed by atoms with Gasteiger partial charge in [0.2, 0.25) is 0 Å². The summed E-state index contributed by atoms with van der Waals surface area (Å²) in [7, 11) is 1.68. The third-order valence-corrected chi connectivity index (χ3v) is 1.91. The summed E-state index contributed by atoms with van der Waals surface area (Å²) in [6, 6.07) is 0.0324. The molecule has 0 aliphatic carbocycles. The van der Waals surface area contributed by atoms with Gasteiger partial charge in [-0.2, -0.15) is 0 Å². The lowest BCUT2D eigenvalue weighted by molar-refractivity contribution is -0.118. The third kappa shape index (κ3) is 1.55. The summed E-state index contributed by atoms with van der Waals surface area (Å²) in [4.78, 5) is 10.8. The Morgan fingerprint density at radius 3 is 2.70 bits per heavy atom. The molecule has 1 aliphatic rings. The van der Waals surface area contributed by atoms with Gasteiger partial charge in [-0.3, -0.25) is 4.79 Å². The predicted molar refractivity (Wildman–Crippen MR) is 37.9 cm³/mol. The zero-order chi connectivity index (χ0) is 7.56. The molecule has 1 rings (SSSR count). The Morgan fingerprint density at radius 2 is 2.40 bits per heavy atom. The van der Waals surface area contributed by atoms with E-state index in [4.69, 9.17) is 4.74 Å². The zero-order valence-corrected chi connectivity index (χ0v) is 6.39. The number of nitrogens with one attached hydrogen (secondary N) is 1. The first-order valence-corrected chi connectivity index (χ1v) is 3.50. The monoisotopic (exact) mass is 143 g/mol. The van der Waals surface area contributed by atoms with Crippen molar-refractivity contribution in [1.29, 1.82) is 0 Å². The van der Waals surface area contributed by atoms with Crippen LogP contribution in [0.2, 0.25) is 0 Å². The second-order valence-corrected chi connectivity index (χ2v) is 2.66. The molecule has 0 saturated carbocycles. The number of Topliss-reactive ketones (excluding diaryl/α,β-unsaturated/α-hetero) is 1. The van der Waals surface area contributed by atoms with Gasteiger partial charge in [0.15, 0.2) is 0 Å². The summed E-state index contributed by atoms with van der Waals surface area (Å²) in [5.41, 5.74) is 0. The van der Waals surface area contributed by atoms with E-state index < -0.39 is 0 Å². The molecule has 1 saturated heterocycles. The maximum absolute atomic E-state index is 10.8. The van der Waals surface area contributed by atoms with Gasteiger partial charge < -0.3 is 10.1 Å². The Morgan fingerprint density at radius 1 is 1.70 bits per heavy atom. The van der Waals surface area contributed by atoms with E-state index in [0.29, 0.717) is 0 Å². The van der Waals surface area contributed by atoms with E-state index in [1.165, 1.54) is 0 Å². The molecule has 0 amide bonds.